The van der Waals surface area contributed by atoms with Gasteiger partial charge in [-0.2, -0.15) is 5.10 Å². The fourth-order valence-electron chi connectivity index (χ4n) is 2.55. The molecule has 2 fully saturated rings. The Morgan fingerprint density at radius 1 is 1.22 bits per heavy atom. The van der Waals surface area contributed by atoms with Crippen LogP contribution < -0.4 is 0 Å². The minimum atomic E-state index is -0.567. The number of aromatic nitrogens is 2. The number of hydrogen-bond donors (Lipinski definition) is 1. The zero-order valence-corrected chi connectivity index (χ0v) is 10.2. The van der Waals surface area contributed by atoms with E-state index in [0.717, 1.165) is 24.1 Å². The highest BCUT2D eigenvalue weighted by Crippen LogP contribution is 2.46. The quantitative estimate of drug-likeness (QED) is 0.895. The van der Waals surface area contributed by atoms with Crippen molar-refractivity contribution in [2.24, 2.45) is 0 Å². The molecule has 92 valence electrons. The maximum atomic E-state index is 10.2. The van der Waals surface area contributed by atoms with Gasteiger partial charge < -0.3 is 5.11 Å². The van der Waals surface area contributed by atoms with Crippen molar-refractivity contribution in [1.82, 2.24) is 9.78 Å². The van der Waals surface area contributed by atoms with Gasteiger partial charge in [0.15, 0.2) is 0 Å². The molecule has 18 heavy (non-hydrogen) atoms. The van der Waals surface area contributed by atoms with Gasteiger partial charge in [0.05, 0.1) is 11.3 Å². The molecular weight excluding hydrogens is 224 g/mol. The lowest BCUT2D eigenvalue weighted by molar-refractivity contribution is 0.151. The first-order valence-corrected chi connectivity index (χ1v) is 6.63. The fourth-order valence-corrected chi connectivity index (χ4v) is 2.55. The van der Waals surface area contributed by atoms with Crippen LogP contribution in [0.5, 0.6) is 0 Å². The monoisotopic (exact) mass is 240 g/mol. The maximum Gasteiger partial charge on any atom is 0.0899 e. The minimum Gasteiger partial charge on any atom is -0.385 e. The van der Waals surface area contributed by atoms with Crippen LogP contribution in [-0.2, 0) is 5.60 Å². The van der Waals surface area contributed by atoms with Crippen LogP contribution in [0.2, 0.25) is 0 Å². The first kappa shape index (κ1) is 10.3. The molecule has 2 aliphatic rings. The molecule has 0 bridgehead atoms. The third kappa shape index (κ3) is 1.58. The van der Waals surface area contributed by atoms with E-state index < -0.39 is 5.60 Å². The maximum absolute atomic E-state index is 10.2. The van der Waals surface area contributed by atoms with E-state index in [4.69, 9.17) is 0 Å². The molecule has 1 heterocycles. The van der Waals surface area contributed by atoms with Crippen molar-refractivity contribution in [3.8, 4) is 5.69 Å². The molecule has 0 atom stereocenters. The van der Waals surface area contributed by atoms with E-state index in [1.54, 1.807) is 0 Å². The van der Waals surface area contributed by atoms with Gasteiger partial charge in [0.2, 0.25) is 0 Å². The largest absolute Gasteiger partial charge is 0.385 e. The van der Waals surface area contributed by atoms with Crippen LogP contribution in [0.25, 0.3) is 5.69 Å². The second-order valence-electron chi connectivity index (χ2n) is 5.52. The molecule has 2 saturated carbocycles. The molecule has 3 heteroatoms. The molecule has 2 aromatic rings. The molecule has 1 aromatic heterocycles. The van der Waals surface area contributed by atoms with Gasteiger partial charge in [-0.3, -0.25) is 0 Å². The van der Waals surface area contributed by atoms with Crippen LogP contribution in [0.4, 0.5) is 0 Å². The van der Waals surface area contributed by atoms with Crippen LogP contribution in [0.15, 0.2) is 36.5 Å². The summed E-state index contributed by atoms with van der Waals surface area (Å²) in [6.45, 7) is 0. The van der Waals surface area contributed by atoms with Crippen molar-refractivity contribution in [1.29, 1.82) is 0 Å². The lowest BCUT2D eigenvalue weighted by Gasteiger charge is -2.12. The summed E-state index contributed by atoms with van der Waals surface area (Å²) < 4.78 is 2.02. The van der Waals surface area contributed by atoms with Crippen LogP contribution in [0, 0.1) is 0 Å². The Bertz CT molecular complexity index is 594. The third-order valence-electron chi connectivity index (χ3n) is 4.02. The van der Waals surface area contributed by atoms with Crippen LogP contribution in [-0.4, -0.2) is 14.9 Å². The minimum absolute atomic E-state index is 0.567. The fraction of sp³-hybridized carbons (Fsp3) is 0.400. The number of nitrogens with zero attached hydrogens (tertiary/aromatic N) is 2. The summed E-state index contributed by atoms with van der Waals surface area (Å²) in [4.78, 5) is 0. The van der Waals surface area contributed by atoms with E-state index in [1.807, 2.05) is 23.0 Å². The first-order chi connectivity index (χ1) is 8.76. The van der Waals surface area contributed by atoms with E-state index in [0.29, 0.717) is 5.92 Å². The number of hydrogen-bond acceptors (Lipinski definition) is 2. The van der Waals surface area contributed by atoms with Crippen molar-refractivity contribution in [3.63, 3.8) is 0 Å². The second-order valence-corrected chi connectivity index (χ2v) is 5.52. The van der Waals surface area contributed by atoms with Crippen LogP contribution >= 0.6 is 0 Å². The van der Waals surface area contributed by atoms with Crippen molar-refractivity contribution in [2.45, 2.75) is 37.2 Å². The molecule has 4 rings (SSSR count). The van der Waals surface area contributed by atoms with Crippen molar-refractivity contribution >= 4 is 0 Å². The molecular formula is C15H16N2O. The molecule has 0 spiro atoms. The molecule has 0 unspecified atom stereocenters. The first-order valence-electron chi connectivity index (χ1n) is 6.63. The smallest absolute Gasteiger partial charge is 0.0899 e. The Morgan fingerprint density at radius 2 is 2.06 bits per heavy atom. The van der Waals surface area contributed by atoms with Gasteiger partial charge in [-0.05, 0) is 49.4 Å². The average Bonchev–Trinajstić information content (AvgIpc) is 3.32. The number of benzene rings is 1. The van der Waals surface area contributed by atoms with E-state index in [2.05, 4.69) is 23.3 Å². The predicted molar refractivity (Wildman–Crippen MR) is 68.7 cm³/mol. The number of rotatable bonds is 3. The second kappa shape index (κ2) is 3.45. The SMILES string of the molecule is OC1(c2cccc(-n3nccc3C3CC3)c2)CC1. The Morgan fingerprint density at radius 3 is 2.78 bits per heavy atom. The highest BCUT2D eigenvalue weighted by atomic mass is 16.3. The molecule has 1 aromatic carbocycles. The van der Waals surface area contributed by atoms with Crippen LogP contribution in [0.1, 0.15) is 42.9 Å². The van der Waals surface area contributed by atoms with Gasteiger partial charge in [-0.15, -0.1) is 0 Å². The van der Waals surface area contributed by atoms with Crippen molar-refractivity contribution in [2.75, 3.05) is 0 Å². The Kier molecular flexibility index (Phi) is 1.98. The molecule has 0 saturated heterocycles. The summed E-state index contributed by atoms with van der Waals surface area (Å²) in [7, 11) is 0. The van der Waals surface area contributed by atoms with E-state index >= 15 is 0 Å². The Labute approximate surface area is 106 Å². The standard InChI is InChI=1S/C15H16N2O/c18-15(7-8-15)12-2-1-3-13(10-12)17-14(6-9-16-17)11-4-5-11/h1-3,6,9-11,18H,4-5,7-8H2. The topological polar surface area (TPSA) is 38.0 Å². The summed E-state index contributed by atoms with van der Waals surface area (Å²) in [6, 6.07) is 10.3. The predicted octanol–water partition coefficient (Wildman–Crippen LogP) is 2.73. The summed E-state index contributed by atoms with van der Waals surface area (Å²) in [5.74, 6) is 0.681. The highest BCUT2D eigenvalue weighted by Gasteiger charge is 2.42. The van der Waals surface area contributed by atoms with Gasteiger partial charge in [-0.25, -0.2) is 4.68 Å². The summed E-state index contributed by atoms with van der Waals surface area (Å²) in [5, 5.41) is 14.6. The van der Waals surface area contributed by atoms with Crippen molar-refractivity contribution < 1.29 is 5.11 Å². The van der Waals surface area contributed by atoms with Crippen LogP contribution in [0.3, 0.4) is 0 Å². The van der Waals surface area contributed by atoms with Crippen molar-refractivity contribution in [3.05, 3.63) is 47.8 Å². The normalized spacial score (nSPS) is 20.9. The molecule has 0 radical (unpaired) electrons. The average molecular weight is 240 g/mol. The zero-order valence-electron chi connectivity index (χ0n) is 10.2. The molecule has 0 aliphatic heterocycles. The van der Waals surface area contributed by atoms with Gasteiger partial charge in [0.1, 0.15) is 0 Å². The van der Waals surface area contributed by atoms with E-state index in [-0.39, 0.29) is 0 Å². The molecule has 2 aliphatic carbocycles. The Hall–Kier alpha value is -1.61. The zero-order chi connectivity index (χ0) is 12.2. The van der Waals surface area contributed by atoms with Gasteiger partial charge >= 0.3 is 0 Å². The lowest BCUT2D eigenvalue weighted by Crippen LogP contribution is -2.07. The van der Waals surface area contributed by atoms with E-state index in [1.165, 1.54) is 18.5 Å². The molecule has 1 N–H and O–H groups in total. The van der Waals surface area contributed by atoms with E-state index in [9.17, 15) is 5.11 Å². The highest BCUT2D eigenvalue weighted by molar-refractivity contribution is 5.41. The van der Waals surface area contributed by atoms with Gasteiger partial charge in [0, 0.05) is 17.8 Å². The third-order valence-corrected chi connectivity index (χ3v) is 4.02. The molecule has 3 nitrogen and oxygen atoms in total. The summed E-state index contributed by atoms with van der Waals surface area (Å²) in [6.07, 6.45) is 6.17. The molecule has 0 amide bonds. The lowest BCUT2D eigenvalue weighted by atomic mass is 10.1. The number of aliphatic hydroxyl groups is 1. The summed E-state index contributed by atoms with van der Waals surface area (Å²) >= 11 is 0. The van der Waals surface area contributed by atoms with Gasteiger partial charge in [0.25, 0.3) is 0 Å². The summed E-state index contributed by atoms with van der Waals surface area (Å²) in [5.41, 5.74) is 2.83. The Balaban J connectivity index is 1.77. The van der Waals surface area contributed by atoms with Gasteiger partial charge in [-0.1, -0.05) is 12.1 Å².